The number of rotatable bonds is 4. The van der Waals surface area contributed by atoms with Crippen molar-refractivity contribution in [2.75, 3.05) is 6.54 Å². The molecule has 3 unspecified atom stereocenters. The molecule has 0 aliphatic carbocycles. The molecule has 2 heteroatoms. The molecular weight excluding hydrogens is 306 g/mol. The number of ether oxygens (including phenoxy) is 1. The van der Waals surface area contributed by atoms with Gasteiger partial charge in [0.2, 0.25) is 0 Å². The molecular formula is C23H23NO. The van der Waals surface area contributed by atoms with Gasteiger partial charge in [0.15, 0.2) is 0 Å². The van der Waals surface area contributed by atoms with Gasteiger partial charge in [0.1, 0.15) is 12.3 Å². The van der Waals surface area contributed by atoms with Crippen molar-refractivity contribution < 1.29 is 4.74 Å². The van der Waals surface area contributed by atoms with E-state index in [1.165, 1.54) is 16.7 Å². The van der Waals surface area contributed by atoms with Crippen molar-refractivity contribution in [3.63, 3.8) is 0 Å². The number of hydrogen-bond donors (Lipinski definition) is 0. The predicted octanol–water partition coefficient (Wildman–Crippen LogP) is 5.52. The number of benzene rings is 3. The lowest BCUT2D eigenvalue weighted by Crippen LogP contribution is -2.27. The van der Waals surface area contributed by atoms with Gasteiger partial charge in [-0.1, -0.05) is 97.9 Å². The van der Waals surface area contributed by atoms with Gasteiger partial charge in [-0.2, -0.15) is 0 Å². The molecule has 1 saturated heterocycles. The summed E-state index contributed by atoms with van der Waals surface area (Å²) in [4.78, 5) is 2.46. The Morgan fingerprint density at radius 3 is 1.68 bits per heavy atom. The van der Waals surface area contributed by atoms with Gasteiger partial charge in [0.05, 0.1) is 6.04 Å². The molecule has 0 bridgehead atoms. The lowest BCUT2D eigenvalue weighted by Gasteiger charge is -2.28. The minimum Gasteiger partial charge on any atom is -0.349 e. The number of likely N-dealkylation sites (N-methyl/N-ethyl adjacent to an activating group) is 1. The Bertz CT molecular complexity index is 788. The first-order valence-electron chi connectivity index (χ1n) is 8.94. The van der Waals surface area contributed by atoms with Gasteiger partial charge in [0.25, 0.3) is 0 Å². The summed E-state index contributed by atoms with van der Waals surface area (Å²) in [5.74, 6) is 0. The third kappa shape index (κ3) is 3.11. The molecule has 25 heavy (non-hydrogen) atoms. The Morgan fingerprint density at radius 1 is 0.680 bits per heavy atom. The Kier molecular flexibility index (Phi) is 4.64. The first-order valence-corrected chi connectivity index (χ1v) is 8.94. The third-order valence-electron chi connectivity index (χ3n) is 4.94. The van der Waals surface area contributed by atoms with Gasteiger partial charge in [0, 0.05) is 0 Å². The van der Waals surface area contributed by atoms with Crippen LogP contribution >= 0.6 is 0 Å². The summed E-state index contributed by atoms with van der Waals surface area (Å²) < 4.78 is 6.63. The van der Waals surface area contributed by atoms with Crippen molar-refractivity contribution in [2.24, 2.45) is 0 Å². The molecule has 0 radical (unpaired) electrons. The molecule has 1 heterocycles. The molecule has 126 valence electrons. The average molecular weight is 329 g/mol. The first kappa shape index (κ1) is 16.1. The highest BCUT2D eigenvalue weighted by atomic mass is 16.5. The lowest BCUT2D eigenvalue weighted by atomic mass is 9.95. The Balaban J connectivity index is 1.79. The van der Waals surface area contributed by atoms with Crippen molar-refractivity contribution >= 4 is 0 Å². The van der Waals surface area contributed by atoms with Crippen LogP contribution < -0.4 is 0 Å². The fourth-order valence-electron chi connectivity index (χ4n) is 3.78. The largest absolute Gasteiger partial charge is 0.349 e. The van der Waals surface area contributed by atoms with Crippen LogP contribution in [0.25, 0.3) is 0 Å². The van der Waals surface area contributed by atoms with Crippen LogP contribution in [0, 0.1) is 0 Å². The Morgan fingerprint density at radius 2 is 1.16 bits per heavy atom. The third-order valence-corrected chi connectivity index (χ3v) is 4.94. The predicted molar refractivity (Wildman–Crippen MR) is 101 cm³/mol. The van der Waals surface area contributed by atoms with E-state index in [4.69, 9.17) is 4.74 Å². The van der Waals surface area contributed by atoms with Gasteiger partial charge in [-0.05, 0) is 23.2 Å². The van der Waals surface area contributed by atoms with Gasteiger partial charge < -0.3 is 4.74 Å². The van der Waals surface area contributed by atoms with Gasteiger partial charge in [-0.3, -0.25) is 4.90 Å². The highest BCUT2D eigenvalue weighted by Crippen LogP contribution is 2.49. The molecule has 1 fully saturated rings. The molecule has 0 aromatic heterocycles. The molecule has 0 N–H and O–H groups in total. The second kappa shape index (κ2) is 7.22. The smallest absolute Gasteiger partial charge is 0.138 e. The second-order valence-electron chi connectivity index (χ2n) is 6.42. The monoisotopic (exact) mass is 329 g/mol. The van der Waals surface area contributed by atoms with E-state index >= 15 is 0 Å². The van der Waals surface area contributed by atoms with Crippen LogP contribution in [0.1, 0.15) is 42.0 Å². The SMILES string of the molecule is CCN1C(c2ccccc2)OC(c2ccccc2)C1c1ccccc1. The molecule has 0 amide bonds. The zero-order chi connectivity index (χ0) is 17.1. The highest BCUT2D eigenvalue weighted by Gasteiger charge is 2.43. The number of hydrogen-bond acceptors (Lipinski definition) is 2. The minimum absolute atomic E-state index is 0.0220. The second-order valence-corrected chi connectivity index (χ2v) is 6.42. The minimum atomic E-state index is -0.0263. The van der Waals surface area contributed by atoms with E-state index in [0.29, 0.717) is 0 Å². The van der Waals surface area contributed by atoms with Crippen LogP contribution in [-0.4, -0.2) is 11.4 Å². The summed E-state index contributed by atoms with van der Waals surface area (Å²) in [7, 11) is 0. The molecule has 3 aromatic rings. The summed E-state index contributed by atoms with van der Waals surface area (Å²) in [6.45, 7) is 3.14. The number of nitrogens with zero attached hydrogens (tertiary/aromatic N) is 1. The van der Waals surface area contributed by atoms with E-state index in [9.17, 15) is 0 Å². The average Bonchev–Trinajstić information content (AvgIpc) is 3.09. The van der Waals surface area contributed by atoms with Crippen LogP contribution in [0.15, 0.2) is 91.0 Å². The summed E-state index contributed by atoms with van der Waals surface area (Å²) >= 11 is 0. The van der Waals surface area contributed by atoms with Crippen molar-refractivity contribution in [3.05, 3.63) is 108 Å². The van der Waals surface area contributed by atoms with Crippen molar-refractivity contribution in [1.29, 1.82) is 0 Å². The maximum Gasteiger partial charge on any atom is 0.138 e. The van der Waals surface area contributed by atoms with E-state index in [1.807, 2.05) is 0 Å². The lowest BCUT2D eigenvalue weighted by molar-refractivity contribution is -0.000736. The molecule has 0 saturated carbocycles. The fraction of sp³-hybridized carbons (Fsp3) is 0.217. The highest BCUT2D eigenvalue weighted by molar-refractivity contribution is 5.30. The summed E-state index contributed by atoms with van der Waals surface area (Å²) in [6.07, 6.45) is -0.00429. The summed E-state index contributed by atoms with van der Waals surface area (Å²) in [6, 6.07) is 32.0. The van der Waals surface area contributed by atoms with Crippen molar-refractivity contribution in [3.8, 4) is 0 Å². The van der Waals surface area contributed by atoms with Gasteiger partial charge in [-0.15, -0.1) is 0 Å². The quantitative estimate of drug-likeness (QED) is 0.625. The van der Waals surface area contributed by atoms with Gasteiger partial charge >= 0.3 is 0 Å². The van der Waals surface area contributed by atoms with Crippen LogP contribution in [0.4, 0.5) is 0 Å². The van der Waals surface area contributed by atoms with E-state index in [2.05, 4.69) is 103 Å². The molecule has 2 nitrogen and oxygen atoms in total. The molecule has 3 atom stereocenters. The van der Waals surface area contributed by atoms with Crippen LogP contribution in [-0.2, 0) is 4.74 Å². The Labute approximate surface area is 149 Å². The van der Waals surface area contributed by atoms with E-state index in [0.717, 1.165) is 6.54 Å². The van der Waals surface area contributed by atoms with Crippen LogP contribution in [0.3, 0.4) is 0 Å². The molecule has 0 spiro atoms. The topological polar surface area (TPSA) is 12.5 Å². The normalized spacial score (nSPS) is 23.6. The zero-order valence-corrected chi connectivity index (χ0v) is 14.5. The maximum absolute atomic E-state index is 6.63. The van der Waals surface area contributed by atoms with Gasteiger partial charge in [-0.25, -0.2) is 0 Å². The molecule has 4 rings (SSSR count). The summed E-state index contributed by atoms with van der Waals surface area (Å²) in [5, 5.41) is 0. The maximum atomic E-state index is 6.63. The fourth-order valence-corrected chi connectivity index (χ4v) is 3.78. The molecule has 1 aliphatic heterocycles. The standard InChI is InChI=1S/C23H23NO/c1-2-24-21(18-12-6-3-7-13-18)22(19-14-8-4-9-15-19)25-23(24)20-16-10-5-11-17-20/h3-17,21-23H,2H2,1H3. The van der Waals surface area contributed by atoms with Crippen LogP contribution in [0.2, 0.25) is 0 Å². The molecule has 1 aliphatic rings. The Hall–Kier alpha value is -2.42. The van der Waals surface area contributed by atoms with Crippen LogP contribution in [0.5, 0.6) is 0 Å². The van der Waals surface area contributed by atoms with E-state index in [1.54, 1.807) is 0 Å². The first-order chi connectivity index (χ1) is 12.4. The van der Waals surface area contributed by atoms with E-state index in [-0.39, 0.29) is 18.4 Å². The summed E-state index contributed by atoms with van der Waals surface area (Å²) in [5.41, 5.74) is 3.74. The zero-order valence-electron chi connectivity index (χ0n) is 14.5. The van der Waals surface area contributed by atoms with Crippen molar-refractivity contribution in [2.45, 2.75) is 25.3 Å². The van der Waals surface area contributed by atoms with E-state index < -0.39 is 0 Å². The van der Waals surface area contributed by atoms with Crippen molar-refractivity contribution in [1.82, 2.24) is 4.90 Å². The molecule has 3 aromatic carbocycles.